The first-order valence-electron chi connectivity index (χ1n) is 40.6. The number of nitrogens with one attached hydrogen (secondary N) is 9. The van der Waals surface area contributed by atoms with E-state index in [0.29, 0.717) is 134 Å². The van der Waals surface area contributed by atoms with Gasteiger partial charge in [-0.15, -0.1) is 0 Å². The van der Waals surface area contributed by atoms with Crippen molar-refractivity contribution in [1.29, 1.82) is 0 Å². The van der Waals surface area contributed by atoms with Crippen molar-refractivity contribution in [3.05, 3.63) is 371 Å². The fourth-order valence-electron chi connectivity index (χ4n) is 13.8. The number of halogens is 4. The number of anilines is 4. The molecule has 0 radical (unpaired) electrons. The van der Waals surface area contributed by atoms with Gasteiger partial charge in [0, 0.05) is 96.8 Å². The molecule has 0 unspecified atom stereocenters. The van der Waals surface area contributed by atoms with Gasteiger partial charge in [-0.25, -0.2) is 24.9 Å². The monoisotopic (exact) mass is 1790 g/mol. The standard InChI is InChI=1S/C20H18ClN5O.2C19H16ClN5O.C18H14ClN5O.C17H19N5O2/c1-12-3-4-14(9-13(12)2)19-24-20-23-17(10-18(27)26(20)25-19)11-22-16-7-5-15(21)6-8-16;1-12-5-4-6-13(9-12)18-23-19-22-14(10-17(26)25(19)24-18)11-21-16-8-3-2-7-15(16)20;1-12-3-2-4-13(9-12)18-23-19-22-16(10-17(26)25(19)24-18)11-21-15-7-5-14(20)6-8-15;19-13-8-6-12(7-9-13)17-22-18-21-15(10-16(25)24(18)23-17)11-20-14-4-2-1-3-5-14;1-24-14-6-4-12(5-7-14)16-19-17-18-13(10-15(23)22(17)20-16)11-21-8-2-3-9-21/h3-10,22H,11H2,1-2H3,(H,23,24,25);2*2-10,21H,11H2,1H3,(H,22,23,24);1-10,20H,11H2,(H,21,22,23);4-7,10H,2-3,8-9,11H2,1H3,(H,18,19,20). The highest BCUT2D eigenvalue weighted by molar-refractivity contribution is 6.33. The van der Waals surface area contributed by atoms with Crippen LogP contribution in [0.5, 0.6) is 5.75 Å². The molecule has 9 aromatic carbocycles. The zero-order valence-corrected chi connectivity index (χ0v) is 72.7. The summed E-state index contributed by atoms with van der Waals surface area (Å²) >= 11 is 23.8. The number of para-hydroxylation sites is 2. The Morgan fingerprint density at radius 3 is 1.05 bits per heavy atom. The molecule has 1 aliphatic rings. The van der Waals surface area contributed by atoms with Gasteiger partial charge in [0.15, 0.2) is 29.1 Å². The van der Waals surface area contributed by atoms with Crippen LogP contribution in [0.2, 0.25) is 20.1 Å². The quantitative estimate of drug-likeness (QED) is 0.0342. The number of ether oxygens (including phenoxy) is 1. The molecule has 10 aromatic heterocycles. The maximum Gasteiger partial charge on any atom is 0.274 e. The largest absolute Gasteiger partial charge is 0.497 e. The van der Waals surface area contributed by atoms with E-state index >= 15 is 0 Å². The number of aromatic nitrogens is 20. The highest BCUT2D eigenvalue weighted by atomic mass is 35.5. The lowest BCUT2D eigenvalue weighted by Gasteiger charge is -2.12. The topological polar surface area (TPSA) is 376 Å². The van der Waals surface area contributed by atoms with E-state index in [1.807, 2.05) is 197 Å². The average Bonchev–Trinajstić information content (AvgIpc) is 1.66. The van der Waals surface area contributed by atoms with Crippen LogP contribution in [0.25, 0.3) is 85.8 Å². The molecule has 0 amide bonds. The van der Waals surface area contributed by atoms with Crippen LogP contribution in [-0.2, 0) is 32.7 Å². The van der Waals surface area contributed by atoms with Crippen molar-refractivity contribution in [2.75, 3.05) is 41.5 Å². The zero-order chi connectivity index (χ0) is 88.9. The Kier molecular flexibility index (Phi) is 26.6. The lowest BCUT2D eigenvalue weighted by atomic mass is 10.1. The first kappa shape index (κ1) is 86.4. The Bertz CT molecular complexity index is 7490. The van der Waals surface area contributed by atoms with E-state index in [-0.39, 0.29) is 27.8 Å². The molecule has 644 valence electrons. The Labute approximate surface area is 749 Å². The molecular weight excluding hydrogens is 1710 g/mol. The highest BCUT2D eigenvalue weighted by Crippen LogP contribution is 2.27. The number of hydrogen-bond acceptors (Lipinski definition) is 21. The van der Waals surface area contributed by atoms with Crippen molar-refractivity contribution in [1.82, 2.24) is 103 Å². The number of methoxy groups -OCH3 is 1. The average molecular weight is 1790 g/mol. The number of fused-ring (bicyclic) bond motifs is 5. The minimum Gasteiger partial charge on any atom is -0.497 e. The van der Waals surface area contributed by atoms with E-state index in [9.17, 15) is 24.0 Å². The summed E-state index contributed by atoms with van der Waals surface area (Å²) in [5, 5.41) is 30.5. The minimum atomic E-state index is -0.211. The molecule has 11 heterocycles. The molecule has 19 aromatic rings. The Morgan fingerprint density at radius 1 is 0.320 bits per heavy atom. The van der Waals surface area contributed by atoms with Crippen LogP contribution < -0.4 is 53.8 Å². The number of hydrogen-bond donors (Lipinski definition) is 9. The molecule has 0 spiro atoms. The summed E-state index contributed by atoms with van der Waals surface area (Å²) in [5.41, 5.74) is 14.9. The van der Waals surface area contributed by atoms with E-state index in [1.165, 1.54) is 70.8 Å². The zero-order valence-electron chi connectivity index (χ0n) is 69.7. The number of aromatic amines is 5. The Balaban J connectivity index is 0.000000118. The smallest absolute Gasteiger partial charge is 0.274 e. The lowest BCUT2D eigenvalue weighted by molar-refractivity contribution is 0.327. The first-order valence-corrected chi connectivity index (χ1v) is 42.1. The Morgan fingerprint density at radius 2 is 0.656 bits per heavy atom. The van der Waals surface area contributed by atoms with Gasteiger partial charge in [0.05, 0.1) is 72.5 Å². The van der Waals surface area contributed by atoms with Gasteiger partial charge >= 0.3 is 0 Å². The van der Waals surface area contributed by atoms with Gasteiger partial charge in [0.2, 0.25) is 0 Å². The fourth-order valence-corrected chi connectivity index (χ4v) is 14.4. The van der Waals surface area contributed by atoms with Crippen LogP contribution in [0.1, 0.15) is 63.6 Å². The maximum atomic E-state index is 12.4. The highest BCUT2D eigenvalue weighted by Gasteiger charge is 2.19. The second-order valence-corrected chi connectivity index (χ2v) is 31.7. The molecule has 31 nitrogen and oxygen atoms in total. The number of benzene rings is 9. The fraction of sp³-hybridized carbons (Fsp3) is 0.151. The predicted octanol–water partition coefficient (Wildman–Crippen LogP) is 16.3. The third kappa shape index (κ3) is 21.4. The van der Waals surface area contributed by atoms with E-state index < -0.39 is 0 Å². The molecule has 128 heavy (non-hydrogen) atoms. The molecule has 35 heteroatoms. The summed E-state index contributed by atoms with van der Waals surface area (Å²) in [4.78, 5) is 109. The summed E-state index contributed by atoms with van der Waals surface area (Å²) < 4.78 is 11.9. The van der Waals surface area contributed by atoms with Gasteiger partial charge in [-0.05, 0) is 204 Å². The van der Waals surface area contributed by atoms with Crippen LogP contribution >= 0.6 is 46.4 Å². The van der Waals surface area contributed by atoms with Crippen molar-refractivity contribution < 1.29 is 4.74 Å². The lowest BCUT2D eigenvalue weighted by Crippen LogP contribution is -2.22. The van der Waals surface area contributed by atoms with Crippen molar-refractivity contribution in [3.63, 3.8) is 0 Å². The number of nitrogens with zero attached hydrogens (tertiary/aromatic N) is 16. The van der Waals surface area contributed by atoms with Gasteiger partial charge in [0.1, 0.15) is 5.75 Å². The second kappa shape index (κ2) is 39.4. The van der Waals surface area contributed by atoms with E-state index in [2.05, 4.69) is 108 Å². The van der Waals surface area contributed by atoms with Crippen LogP contribution in [0.15, 0.2) is 273 Å². The maximum absolute atomic E-state index is 12.4. The minimum absolute atomic E-state index is 0.138. The third-order valence-electron chi connectivity index (χ3n) is 20.6. The van der Waals surface area contributed by atoms with Crippen molar-refractivity contribution in [2.45, 2.75) is 73.3 Å². The molecule has 20 rings (SSSR count). The third-order valence-corrected chi connectivity index (χ3v) is 21.6. The number of likely N-dealkylation sites (tertiary alicyclic amines) is 1. The molecule has 0 saturated carbocycles. The molecule has 9 N–H and O–H groups in total. The first-order chi connectivity index (χ1) is 62.1. The normalized spacial score (nSPS) is 11.8. The van der Waals surface area contributed by atoms with Crippen LogP contribution in [0.3, 0.4) is 0 Å². The van der Waals surface area contributed by atoms with Crippen molar-refractivity contribution in [3.8, 4) is 62.7 Å². The van der Waals surface area contributed by atoms with E-state index in [1.54, 1.807) is 55.6 Å². The molecular formula is C93H83Cl4N25O6. The molecule has 1 aliphatic heterocycles. The van der Waals surface area contributed by atoms with E-state index in [4.69, 9.17) is 51.1 Å². The molecule has 1 saturated heterocycles. The molecule has 0 atom stereocenters. The Hall–Kier alpha value is -15.2. The number of H-pyrrole nitrogens is 5. The SMILES string of the molecule is COc1ccc(-c2nc3nc(CN4CCCC4)cc(=O)n3[nH]2)cc1.Cc1ccc(-c2nc3nc(CNc4ccc(Cl)cc4)cc(=O)n3[nH]2)cc1C.Cc1cccc(-c2nc3nc(CNc4ccc(Cl)cc4)cc(=O)n3[nH]2)c1.Cc1cccc(-c2nc3nc(CNc4ccccc4Cl)cc(=O)n3[nH]2)c1.O=c1cc(CNc2ccccc2)nc2nc(-c3ccc(Cl)cc3)[nH]n12. The van der Waals surface area contributed by atoms with Gasteiger partial charge in [0.25, 0.3) is 56.7 Å². The summed E-state index contributed by atoms with van der Waals surface area (Å²) in [6, 6.07) is 76.0. The molecule has 1 fully saturated rings. The summed E-state index contributed by atoms with van der Waals surface area (Å²) in [6.07, 6.45) is 2.43. The molecule has 0 aliphatic carbocycles. The van der Waals surface area contributed by atoms with Gasteiger partial charge in [-0.3, -0.25) is 54.4 Å². The van der Waals surface area contributed by atoms with Crippen molar-refractivity contribution in [2.24, 2.45) is 0 Å². The van der Waals surface area contributed by atoms with E-state index in [0.717, 1.165) is 86.2 Å². The second-order valence-electron chi connectivity index (χ2n) is 30.0. The summed E-state index contributed by atoms with van der Waals surface area (Å²) in [6.45, 7) is 12.6. The number of rotatable bonds is 20. The molecule has 0 bridgehead atoms. The van der Waals surface area contributed by atoms with Gasteiger partial charge in [-0.2, -0.15) is 47.5 Å². The van der Waals surface area contributed by atoms with Crippen molar-refractivity contribution >= 4 is 98.0 Å². The van der Waals surface area contributed by atoms with Crippen LogP contribution in [0.4, 0.5) is 22.7 Å². The predicted molar refractivity (Wildman–Crippen MR) is 500 cm³/mol. The van der Waals surface area contributed by atoms with Gasteiger partial charge < -0.3 is 26.0 Å². The van der Waals surface area contributed by atoms with Crippen LogP contribution in [-0.4, -0.2) is 123 Å². The summed E-state index contributed by atoms with van der Waals surface area (Å²) in [5.74, 6) is 5.56. The number of aryl methyl sites for hydroxylation is 4. The summed E-state index contributed by atoms with van der Waals surface area (Å²) in [7, 11) is 1.63. The van der Waals surface area contributed by atoms with Gasteiger partial charge in [-0.1, -0.05) is 136 Å². The van der Waals surface area contributed by atoms with Crippen LogP contribution in [0, 0.1) is 27.7 Å².